The van der Waals surface area contributed by atoms with Crippen LogP contribution < -0.4 is 0 Å². The Morgan fingerprint density at radius 3 is 2.08 bits per heavy atom. The summed E-state index contributed by atoms with van der Waals surface area (Å²) in [5.74, 6) is 0.426. The lowest BCUT2D eigenvalue weighted by Crippen LogP contribution is -1.91. The lowest BCUT2D eigenvalue weighted by Gasteiger charge is -2.09. The highest BCUT2D eigenvalue weighted by atomic mass is 16.3. The Bertz CT molecular complexity index is 526. The zero-order valence-corrected chi connectivity index (χ0v) is 17.2. The first-order valence-electron chi connectivity index (χ1n) is 9.76. The Hall–Kier alpha value is -1.70. The molecule has 0 aromatic heterocycles. The van der Waals surface area contributed by atoms with Crippen LogP contribution in [0.4, 0.5) is 0 Å². The van der Waals surface area contributed by atoms with Gasteiger partial charge in [-0.25, -0.2) is 0 Å². The average molecular weight is 347 g/mol. The summed E-state index contributed by atoms with van der Waals surface area (Å²) in [6.45, 7) is 12.5. The highest BCUT2D eigenvalue weighted by Gasteiger charge is 2.09. The van der Waals surface area contributed by atoms with Gasteiger partial charge in [0.15, 0.2) is 0 Å². The molecule has 0 saturated carbocycles. The van der Waals surface area contributed by atoms with E-state index in [1.807, 2.05) is 13.8 Å². The molecule has 0 amide bonds. The smallest absolute Gasteiger partial charge is 0.123 e. The molecule has 1 aromatic rings. The van der Waals surface area contributed by atoms with Gasteiger partial charge in [0.25, 0.3) is 0 Å². The van der Waals surface area contributed by atoms with E-state index in [9.17, 15) is 10.2 Å². The van der Waals surface area contributed by atoms with Crippen LogP contribution in [0.2, 0.25) is 0 Å². The normalized spacial score (nSPS) is 10.9. The minimum Gasteiger partial charge on any atom is -0.508 e. The summed E-state index contributed by atoms with van der Waals surface area (Å²) >= 11 is 0. The molecule has 0 unspecified atom stereocenters. The van der Waals surface area contributed by atoms with E-state index in [-0.39, 0.29) is 11.5 Å². The van der Waals surface area contributed by atoms with Gasteiger partial charge >= 0.3 is 0 Å². The summed E-state index contributed by atoms with van der Waals surface area (Å²) in [6.07, 6.45) is 11.3. The predicted molar refractivity (Wildman–Crippen MR) is 110 cm³/mol. The van der Waals surface area contributed by atoms with Crippen molar-refractivity contribution in [1.82, 2.24) is 0 Å². The maximum absolute atomic E-state index is 10.2. The van der Waals surface area contributed by atoms with Crippen LogP contribution in [-0.2, 0) is 12.8 Å². The van der Waals surface area contributed by atoms with Gasteiger partial charge < -0.3 is 10.2 Å². The van der Waals surface area contributed by atoms with Crippen molar-refractivity contribution in [3.05, 3.63) is 46.6 Å². The molecule has 142 valence electrons. The molecular formula is C23H38O2. The second-order valence-corrected chi connectivity index (χ2v) is 6.64. The molecule has 0 aliphatic carbocycles. The molecule has 2 heteroatoms. The number of rotatable bonds is 9. The van der Waals surface area contributed by atoms with Crippen molar-refractivity contribution in [3.63, 3.8) is 0 Å². The van der Waals surface area contributed by atoms with E-state index in [0.717, 1.165) is 31.2 Å². The third kappa shape index (κ3) is 10.0. The molecule has 0 aliphatic heterocycles. The number of allylic oxidation sites excluding steroid dienone is 4. The topological polar surface area (TPSA) is 40.5 Å². The summed E-state index contributed by atoms with van der Waals surface area (Å²) in [4.78, 5) is 0. The third-order valence-electron chi connectivity index (χ3n) is 4.08. The van der Waals surface area contributed by atoms with Crippen LogP contribution in [-0.4, -0.2) is 10.2 Å². The number of benzene rings is 1. The van der Waals surface area contributed by atoms with E-state index in [1.54, 1.807) is 12.1 Å². The number of aromatic hydroxyl groups is 2. The van der Waals surface area contributed by atoms with Gasteiger partial charge in [0.2, 0.25) is 0 Å². The van der Waals surface area contributed by atoms with Crippen molar-refractivity contribution in [1.29, 1.82) is 0 Å². The third-order valence-corrected chi connectivity index (χ3v) is 4.08. The van der Waals surface area contributed by atoms with E-state index in [4.69, 9.17) is 0 Å². The number of phenolic OH excluding ortho intramolecular Hbond substituents is 2. The van der Waals surface area contributed by atoms with Gasteiger partial charge in [-0.3, -0.25) is 0 Å². The molecule has 0 atom stereocenters. The van der Waals surface area contributed by atoms with Crippen LogP contribution in [0.3, 0.4) is 0 Å². The standard InChI is InChI=1S/C21H32O2.C2H6/c1-5-6-7-11-18-14-20(22)19(21(23)15-18)13-12-17(4)10-8-9-16(2)3;1-2/h9,12,14-15,22-23H,5-8,10-11,13H2,1-4H3;1-2H3/b17-12+;. The SMILES string of the molecule is CC.CCCCCc1cc(O)c(C/C=C(\C)CCC=C(C)C)c(O)c1. The molecule has 2 nitrogen and oxygen atoms in total. The molecular weight excluding hydrogens is 308 g/mol. The zero-order chi connectivity index (χ0) is 19.2. The fourth-order valence-corrected chi connectivity index (χ4v) is 2.60. The van der Waals surface area contributed by atoms with E-state index in [1.165, 1.54) is 24.0 Å². The molecule has 0 bridgehead atoms. The monoisotopic (exact) mass is 346 g/mol. The van der Waals surface area contributed by atoms with Gasteiger partial charge in [0.1, 0.15) is 11.5 Å². The van der Waals surface area contributed by atoms with Crippen LogP contribution in [0.15, 0.2) is 35.4 Å². The van der Waals surface area contributed by atoms with Gasteiger partial charge in [-0.05, 0) is 70.6 Å². The highest BCUT2D eigenvalue weighted by molar-refractivity contribution is 5.47. The van der Waals surface area contributed by atoms with Gasteiger partial charge in [-0.15, -0.1) is 0 Å². The quantitative estimate of drug-likeness (QED) is 0.370. The fourth-order valence-electron chi connectivity index (χ4n) is 2.60. The van der Waals surface area contributed by atoms with Gasteiger partial charge in [-0.2, -0.15) is 0 Å². The lowest BCUT2D eigenvalue weighted by atomic mass is 10.0. The minimum absolute atomic E-state index is 0.213. The van der Waals surface area contributed by atoms with Crippen molar-refractivity contribution >= 4 is 0 Å². The van der Waals surface area contributed by atoms with Crippen molar-refractivity contribution in [2.75, 3.05) is 0 Å². The molecule has 25 heavy (non-hydrogen) atoms. The minimum atomic E-state index is 0.213. The molecule has 0 radical (unpaired) electrons. The number of hydrogen-bond donors (Lipinski definition) is 2. The molecule has 1 rings (SSSR count). The summed E-state index contributed by atoms with van der Waals surface area (Å²) in [7, 11) is 0. The maximum Gasteiger partial charge on any atom is 0.123 e. The second-order valence-electron chi connectivity index (χ2n) is 6.64. The van der Waals surface area contributed by atoms with Crippen LogP contribution in [0, 0.1) is 0 Å². The Morgan fingerprint density at radius 1 is 0.960 bits per heavy atom. The molecule has 0 heterocycles. The summed E-state index contributed by atoms with van der Waals surface area (Å²) in [6, 6.07) is 3.61. The Morgan fingerprint density at radius 2 is 1.56 bits per heavy atom. The zero-order valence-electron chi connectivity index (χ0n) is 17.2. The molecule has 2 N–H and O–H groups in total. The number of phenols is 2. The predicted octanol–water partition coefficient (Wildman–Crippen LogP) is 7.09. The first-order chi connectivity index (χ1) is 11.9. The second kappa shape index (κ2) is 13.6. The van der Waals surface area contributed by atoms with Gasteiger partial charge in [0, 0.05) is 5.56 Å². The lowest BCUT2D eigenvalue weighted by molar-refractivity contribution is 0.439. The number of aryl methyl sites for hydroxylation is 1. The van der Waals surface area contributed by atoms with Gasteiger partial charge in [0.05, 0.1) is 0 Å². The van der Waals surface area contributed by atoms with Crippen molar-refractivity contribution in [2.45, 2.75) is 86.5 Å². The first kappa shape index (κ1) is 23.3. The Balaban J connectivity index is 0.00000277. The van der Waals surface area contributed by atoms with Crippen molar-refractivity contribution < 1.29 is 10.2 Å². The Labute approximate surface area is 155 Å². The van der Waals surface area contributed by atoms with Crippen molar-refractivity contribution in [3.8, 4) is 11.5 Å². The molecule has 0 spiro atoms. The largest absolute Gasteiger partial charge is 0.508 e. The summed E-state index contributed by atoms with van der Waals surface area (Å²) < 4.78 is 0. The van der Waals surface area contributed by atoms with E-state index < -0.39 is 0 Å². The molecule has 0 saturated heterocycles. The molecule has 1 aromatic carbocycles. The summed E-state index contributed by atoms with van der Waals surface area (Å²) in [5, 5.41) is 20.4. The van der Waals surface area contributed by atoms with E-state index in [2.05, 4.69) is 39.8 Å². The van der Waals surface area contributed by atoms with Crippen molar-refractivity contribution in [2.24, 2.45) is 0 Å². The van der Waals surface area contributed by atoms with Crippen LogP contribution >= 0.6 is 0 Å². The first-order valence-corrected chi connectivity index (χ1v) is 9.76. The van der Waals surface area contributed by atoms with Crippen LogP contribution in [0.5, 0.6) is 11.5 Å². The van der Waals surface area contributed by atoms with E-state index in [0.29, 0.717) is 12.0 Å². The highest BCUT2D eigenvalue weighted by Crippen LogP contribution is 2.30. The fraction of sp³-hybridized carbons (Fsp3) is 0.565. The van der Waals surface area contributed by atoms with E-state index >= 15 is 0 Å². The van der Waals surface area contributed by atoms with Crippen LogP contribution in [0.25, 0.3) is 0 Å². The molecule has 0 aliphatic rings. The Kier molecular flexibility index (Phi) is 12.7. The van der Waals surface area contributed by atoms with Gasteiger partial charge in [-0.1, -0.05) is 56.9 Å². The average Bonchev–Trinajstić information content (AvgIpc) is 2.56. The molecule has 0 fully saturated rings. The number of unbranched alkanes of at least 4 members (excludes halogenated alkanes) is 2. The van der Waals surface area contributed by atoms with Crippen LogP contribution in [0.1, 0.15) is 84.8 Å². The summed E-state index contributed by atoms with van der Waals surface area (Å²) in [5.41, 5.74) is 4.27. The number of hydrogen-bond acceptors (Lipinski definition) is 2. The maximum atomic E-state index is 10.2.